The zero-order valence-electron chi connectivity index (χ0n) is 15.7. The Morgan fingerprint density at radius 2 is 1.92 bits per heavy atom. The number of fused-ring (bicyclic) bond motifs is 2. The molecule has 0 radical (unpaired) electrons. The Labute approximate surface area is 156 Å². The van der Waals surface area contributed by atoms with Crippen LogP contribution in [0.15, 0.2) is 24.5 Å². The van der Waals surface area contributed by atoms with E-state index in [1.165, 1.54) is 12.8 Å². The molecule has 1 aromatic heterocycles. The van der Waals surface area contributed by atoms with E-state index < -0.39 is 5.60 Å². The number of piperidine rings is 1. The monoisotopic (exact) mass is 357 g/mol. The molecular weight excluding hydrogens is 326 g/mol. The SMILES string of the molecule is CC1CCC(NC(=O)CN2C3CCC2CC(O)(c2cccnc2)C3)CC1. The van der Waals surface area contributed by atoms with Crippen LogP contribution in [0.3, 0.4) is 0 Å². The number of hydrogen-bond donors (Lipinski definition) is 2. The molecule has 2 unspecified atom stereocenters. The van der Waals surface area contributed by atoms with Crippen molar-refractivity contribution in [3.05, 3.63) is 30.1 Å². The first-order valence-corrected chi connectivity index (χ1v) is 10.2. The molecule has 2 aliphatic heterocycles. The summed E-state index contributed by atoms with van der Waals surface area (Å²) in [5.41, 5.74) is 0.115. The molecule has 1 aliphatic carbocycles. The number of rotatable bonds is 4. The predicted octanol–water partition coefficient (Wildman–Crippen LogP) is 2.59. The van der Waals surface area contributed by atoms with Crippen LogP contribution in [0.4, 0.5) is 0 Å². The molecule has 5 heteroatoms. The lowest BCUT2D eigenvalue weighted by Gasteiger charge is -2.43. The fourth-order valence-electron chi connectivity index (χ4n) is 5.29. The van der Waals surface area contributed by atoms with Crippen LogP contribution in [0.1, 0.15) is 63.9 Å². The van der Waals surface area contributed by atoms with Gasteiger partial charge in [-0.3, -0.25) is 14.7 Å². The molecule has 0 aromatic carbocycles. The van der Waals surface area contributed by atoms with E-state index in [0.29, 0.717) is 25.4 Å². The Hall–Kier alpha value is -1.46. The van der Waals surface area contributed by atoms with Crippen LogP contribution in [0.2, 0.25) is 0 Å². The van der Waals surface area contributed by atoms with E-state index in [2.05, 4.69) is 22.1 Å². The second-order valence-corrected chi connectivity index (χ2v) is 8.76. The highest BCUT2D eigenvalue weighted by atomic mass is 16.3. The van der Waals surface area contributed by atoms with Gasteiger partial charge < -0.3 is 10.4 Å². The highest BCUT2D eigenvalue weighted by molar-refractivity contribution is 5.78. The van der Waals surface area contributed by atoms with Gasteiger partial charge in [-0.15, -0.1) is 0 Å². The van der Waals surface area contributed by atoms with Gasteiger partial charge in [0.2, 0.25) is 5.91 Å². The molecule has 1 saturated carbocycles. The van der Waals surface area contributed by atoms with Gasteiger partial charge in [-0.05, 0) is 63.4 Å². The summed E-state index contributed by atoms with van der Waals surface area (Å²) >= 11 is 0. The maximum Gasteiger partial charge on any atom is 0.234 e. The molecule has 3 fully saturated rings. The molecule has 1 amide bonds. The molecule has 1 aromatic rings. The first-order valence-electron chi connectivity index (χ1n) is 10.2. The maximum atomic E-state index is 12.6. The Balaban J connectivity index is 1.36. The summed E-state index contributed by atoms with van der Waals surface area (Å²) in [6.07, 6.45) is 11.7. The fraction of sp³-hybridized carbons (Fsp3) is 0.714. The number of pyridine rings is 1. The van der Waals surface area contributed by atoms with Gasteiger partial charge in [0, 0.05) is 36.1 Å². The molecule has 2 bridgehead atoms. The lowest BCUT2D eigenvalue weighted by atomic mass is 9.81. The highest BCUT2D eigenvalue weighted by Gasteiger charge is 2.48. The zero-order chi connectivity index (χ0) is 18.1. The number of nitrogens with one attached hydrogen (secondary N) is 1. The van der Waals surface area contributed by atoms with Gasteiger partial charge in [0.25, 0.3) is 0 Å². The summed E-state index contributed by atoms with van der Waals surface area (Å²) in [4.78, 5) is 19.1. The van der Waals surface area contributed by atoms with E-state index in [1.54, 1.807) is 12.4 Å². The molecule has 142 valence electrons. The number of carbonyl (C=O) groups is 1. The van der Waals surface area contributed by atoms with Crippen LogP contribution in [0.25, 0.3) is 0 Å². The fourth-order valence-corrected chi connectivity index (χ4v) is 5.29. The van der Waals surface area contributed by atoms with E-state index in [1.807, 2.05) is 12.1 Å². The smallest absolute Gasteiger partial charge is 0.234 e. The molecule has 2 atom stereocenters. The number of aliphatic hydroxyl groups is 1. The molecule has 4 rings (SSSR count). The van der Waals surface area contributed by atoms with E-state index >= 15 is 0 Å². The third-order valence-electron chi connectivity index (χ3n) is 6.82. The van der Waals surface area contributed by atoms with Crippen LogP contribution < -0.4 is 5.32 Å². The van der Waals surface area contributed by atoms with E-state index in [4.69, 9.17) is 0 Å². The molecule has 3 heterocycles. The first-order chi connectivity index (χ1) is 12.5. The summed E-state index contributed by atoms with van der Waals surface area (Å²) in [5.74, 6) is 0.958. The van der Waals surface area contributed by atoms with Crippen LogP contribution in [0, 0.1) is 5.92 Å². The summed E-state index contributed by atoms with van der Waals surface area (Å²) in [7, 11) is 0. The second kappa shape index (κ2) is 7.28. The molecule has 26 heavy (non-hydrogen) atoms. The third kappa shape index (κ3) is 3.65. The molecule has 5 nitrogen and oxygen atoms in total. The first kappa shape index (κ1) is 17.9. The number of carbonyl (C=O) groups excluding carboxylic acids is 1. The molecule has 0 spiro atoms. The average molecular weight is 357 g/mol. The highest BCUT2D eigenvalue weighted by Crippen LogP contribution is 2.45. The van der Waals surface area contributed by atoms with Crippen molar-refractivity contribution in [2.45, 2.75) is 82.0 Å². The summed E-state index contributed by atoms with van der Waals surface area (Å²) < 4.78 is 0. The number of amides is 1. The minimum atomic E-state index is -0.799. The van der Waals surface area contributed by atoms with Crippen molar-refractivity contribution in [1.82, 2.24) is 15.2 Å². The van der Waals surface area contributed by atoms with Gasteiger partial charge in [0.1, 0.15) is 0 Å². The van der Waals surface area contributed by atoms with Crippen molar-refractivity contribution in [2.24, 2.45) is 5.92 Å². The van der Waals surface area contributed by atoms with Gasteiger partial charge in [-0.2, -0.15) is 0 Å². The zero-order valence-corrected chi connectivity index (χ0v) is 15.7. The van der Waals surface area contributed by atoms with E-state index in [-0.39, 0.29) is 18.0 Å². The molecule has 3 aliphatic rings. The quantitative estimate of drug-likeness (QED) is 0.869. The lowest BCUT2D eigenvalue weighted by molar-refractivity contribution is -0.126. The molecule has 2 saturated heterocycles. The van der Waals surface area contributed by atoms with Crippen LogP contribution in [-0.2, 0) is 10.4 Å². The standard InChI is InChI=1S/C21H31N3O2/c1-15-4-6-17(7-5-15)23-20(25)14-24-18-8-9-19(24)12-21(26,11-18)16-3-2-10-22-13-16/h2-3,10,13,15,17-19,26H,4-9,11-12,14H2,1H3,(H,23,25). The van der Waals surface area contributed by atoms with Gasteiger partial charge in [0.15, 0.2) is 0 Å². The van der Waals surface area contributed by atoms with E-state index in [9.17, 15) is 9.90 Å². The largest absolute Gasteiger partial charge is 0.385 e. The van der Waals surface area contributed by atoms with Gasteiger partial charge in [-0.1, -0.05) is 13.0 Å². The van der Waals surface area contributed by atoms with Gasteiger partial charge in [0.05, 0.1) is 12.1 Å². The lowest BCUT2D eigenvalue weighted by Crippen LogP contribution is -2.53. The van der Waals surface area contributed by atoms with Crippen molar-refractivity contribution in [1.29, 1.82) is 0 Å². The van der Waals surface area contributed by atoms with E-state index in [0.717, 1.165) is 37.2 Å². The van der Waals surface area contributed by atoms with Gasteiger partial charge >= 0.3 is 0 Å². The van der Waals surface area contributed by atoms with Crippen molar-refractivity contribution in [3.63, 3.8) is 0 Å². The maximum absolute atomic E-state index is 12.6. The van der Waals surface area contributed by atoms with Crippen LogP contribution in [-0.4, -0.2) is 45.6 Å². The molecule has 2 N–H and O–H groups in total. The Morgan fingerprint density at radius 1 is 1.23 bits per heavy atom. The van der Waals surface area contributed by atoms with Crippen molar-refractivity contribution < 1.29 is 9.90 Å². The van der Waals surface area contributed by atoms with Crippen molar-refractivity contribution in [2.75, 3.05) is 6.54 Å². The Morgan fingerprint density at radius 3 is 2.54 bits per heavy atom. The van der Waals surface area contributed by atoms with Crippen LogP contribution >= 0.6 is 0 Å². The van der Waals surface area contributed by atoms with Crippen LogP contribution in [0.5, 0.6) is 0 Å². The number of nitrogens with zero attached hydrogens (tertiary/aromatic N) is 2. The summed E-state index contributed by atoms with van der Waals surface area (Å²) in [5, 5.41) is 14.4. The predicted molar refractivity (Wildman–Crippen MR) is 100 cm³/mol. The Kier molecular flexibility index (Phi) is 5.02. The average Bonchev–Trinajstić information content (AvgIpc) is 2.88. The molecular formula is C21H31N3O2. The number of hydrogen-bond acceptors (Lipinski definition) is 4. The minimum absolute atomic E-state index is 0.160. The normalized spacial score (nSPS) is 37.5. The van der Waals surface area contributed by atoms with Crippen molar-refractivity contribution in [3.8, 4) is 0 Å². The summed E-state index contributed by atoms with van der Waals surface area (Å²) in [6, 6.07) is 4.79. The van der Waals surface area contributed by atoms with Gasteiger partial charge in [-0.25, -0.2) is 0 Å². The number of aromatic nitrogens is 1. The topological polar surface area (TPSA) is 65.5 Å². The summed E-state index contributed by atoms with van der Waals surface area (Å²) in [6.45, 7) is 2.78. The van der Waals surface area contributed by atoms with Crippen molar-refractivity contribution >= 4 is 5.91 Å². The third-order valence-corrected chi connectivity index (χ3v) is 6.82. The Bertz CT molecular complexity index is 613. The minimum Gasteiger partial charge on any atom is -0.385 e. The second-order valence-electron chi connectivity index (χ2n) is 8.76.